The normalized spacial score (nSPS) is 10.7. The first-order valence-corrected chi connectivity index (χ1v) is 6.97. The van der Waals surface area contributed by atoms with E-state index >= 15 is 0 Å². The number of nitrogens with two attached hydrogens (primary N) is 1. The van der Waals surface area contributed by atoms with Crippen molar-refractivity contribution in [1.29, 1.82) is 0 Å². The van der Waals surface area contributed by atoms with Crippen molar-refractivity contribution in [2.45, 2.75) is 6.92 Å². The lowest BCUT2D eigenvalue weighted by atomic mass is 10.2. The Labute approximate surface area is 120 Å². The average molecular weight is 283 g/mol. The van der Waals surface area contributed by atoms with Crippen molar-refractivity contribution in [3.8, 4) is 0 Å². The van der Waals surface area contributed by atoms with E-state index in [2.05, 4.69) is 10.3 Å². The average Bonchev–Trinajstić information content (AvgIpc) is 2.79. The maximum Gasteiger partial charge on any atom is 0.267 e. The predicted octanol–water partition coefficient (Wildman–Crippen LogP) is 3.44. The molecular formula is C15H13N3OS. The second-order valence-corrected chi connectivity index (χ2v) is 5.54. The zero-order chi connectivity index (χ0) is 14.1. The number of anilines is 2. The summed E-state index contributed by atoms with van der Waals surface area (Å²) in [5.74, 6) is -0.182. The molecular weight excluding hydrogens is 270 g/mol. The fraction of sp³-hybridized carbons (Fsp3) is 0.0667. The zero-order valence-corrected chi connectivity index (χ0v) is 11.7. The van der Waals surface area contributed by atoms with E-state index in [0.29, 0.717) is 10.6 Å². The molecule has 1 amide bonds. The molecule has 0 bridgehead atoms. The molecule has 0 aliphatic heterocycles. The number of fused-ring (bicyclic) bond motifs is 1. The van der Waals surface area contributed by atoms with E-state index in [-0.39, 0.29) is 5.91 Å². The van der Waals surface area contributed by atoms with Crippen LogP contribution < -0.4 is 11.1 Å². The third-order valence-electron chi connectivity index (χ3n) is 3.13. The summed E-state index contributed by atoms with van der Waals surface area (Å²) in [5.41, 5.74) is 8.38. The number of para-hydroxylation sites is 1. The van der Waals surface area contributed by atoms with E-state index in [1.54, 1.807) is 12.4 Å². The van der Waals surface area contributed by atoms with Gasteiger partial charge >= 0.3 is 0 Å². The number of aromatic nitrogens is 1. The van der Waals surface area contributed by atoms with Crippen LogP contribution >= 0.6 is 11.3 Å². The van der Waals surface area contributed by atoms with E-state index in [4.69, 9.17) is 5.73 Å². The van der Waals surface area contributed by atoms with Crippen LogP contribution in [0.2, 0.25) is 0 Å². The molecule has 4 nitrogen and oxygen atoms in total. The number of hydrogen-bond donors (Lipinski definition) is 2. The topological polar surface area (TPSA) is 68.0 Å². The maximum absolute atomic E-state index is 12.4. The molecule has 2 heterocycles. The third-order valence-corrected chi connectivity index (χ3v) is 4.29. The standard InChI is InChI=1S/C15H13N3OS/c1-9-4-2-3-5-11(9)18-15(19)14-13(16)10-6-7-17-8-12(10)20-14/h2-8H,16H2,1H3,(H,18,19). The Morgan fingerprint density at radius 1 is 1.30 bits per heavy atom. The minimum atomic E-state index is -0.182. The molecule has 0 saturated heterocycles. The molecule has 1 aromatic carbocycles. The highest BCUT2D eigenvalue weighted by Crippen LogP contribution is 2.33. The van der Waals surface area contributed by atoms with Crippen molar-refractivity contribution in [2.24, 2.45) is 0 Å². The molecule has 100 valence electrons. The van der Waals surface area contributed by atoms with Crippen molar-refractivity contribution in [3.63, 3.8) is 0 Å². The number of pyridine rings is 1. The molecule has 0 fully saturated rings. The molecule has 3 N–H and O–H groups in total. The van der Waals surface area contributed by atoms with Crippen LogP contribution in [0.15, 0.2) is 42.7 Å². The minimum Gasteiger partial charge on any atom is -0.397 e. The summed E-state index contributed by atoms with van der Waals surface area (Å²) in [6, 6.07) is 9.48. The largest absolute Gasteiger partial charge is 0.397 e. The lowest BCUT2D eigenvalue weighted by Crippen LogP contribution is -2.12. The highest BCUT2D eigenvalue weighted by atomic mass is 32.1. The minimum absolute atomic E-state index is 0.182. The van der Waals surface area contributed by atoms with Gasteiger partial charge in [-0.15, -0.1) is 11.3 Å². The summed E-state index contributed by atoms with van der Waals surface area (Å²) in [4.78, 5) is 16.9. The van der Waals surface area contributed by atoms with Gasteiger partial charge in [-0.05, 0) is 24.6 Å². The van der Waals surface area contributed by atoms with Crippen LogP contribution in [-0.2, 0) is 0 Å². The van der Waals surface area contributed by atoms with Gasteiger partial charge in [0, 0.05) is 23.5 Å². The van der Waals surface area contributed by atoms with Gasteiger partial charge in [0.15, 0.2) is 0 Å². The second-order valence-electron chi connectivity index (χ2n) is 4.49. The quantitative estimate of drug-likeness (QED) is 0.757. The predicted molar refractivity (Wildman–Crippen MR) is 83.2 cm³/mol. The molecule has 3 aromatic rings. The van der Waals surface area contributed by atoms with Gasteiger partial charge in [-0.25, -0.2) is 0 Å². The molecule has 3 rings (SSSR count). The highest BCUT2D eigenvalue weighted by molar-refractivity contribution is 7.21. The van der Waals surface area contributed by atoms with Crippen molar-refractivity contribution in [2.75, 3.05) is 11.1 Å². The van der Waals surface area contributed by atoms with Crippen molar-refractivity contribution >= 4 is 38.7 Å². The molecule has 0 saturated carbocycles. The summed E-state index contributed by atoms with van der Waals surface area (Å²) in [6.07, 6.45) is 3.40. The van der Waals surface area contributed by atoms with Crippen LogP contribution in [0.1, 0.15) is 15.2 Å². The van der Waals surface area contributed by atoms with E-state index in [9.17, 15) is 4.79 Å². The van der Waals surface area contributed by atoms with E-state index in [1.165, 1.54) is 11.3 Å². The Bertz CT molecular complexity index is 795. The van der Waals surface area contributed by atoms with Gasteiger partial charge in [0.2, 0.25) is 0 Å². The first kappa shape index (κ1) is 12.6. The van der Waals surface area contributed by atoms with Crippen LogP contribution in [-0.4, -0.2) is 10.9 Å². The molecule has 0 aliphatic rings. The van der Waals surface area contributed by atoms with Gasteiger partial charge in [0.25, 0.3) is 5.91 Å². The van der Waals surface area contributed by atoms with Crippen LogP contribution in [0.3, 0.4) is 0 Å². The summed E-state index contributed by atoms with van der Waals surface area (Å²) in [5, 5.41) is 3.77. The lowest BCUT2D eigenvalue weighted by Gasteiger charge is -2.07. The molecule has 0 radical (unpaired) electrons. The first-order chi connectivity index (χ1) is 9.66. The molecule has 0 spiro atoms. The zero-order valence-electron chi connectivity index (χ0n) is 10.9. The Morgan fingerprint density at radius 2 is 2.10 bits per heavy atom. The summed E-state index contributed by atoms with van der Waals surface area (Å²) >= 11 is 1.36. The number of hydrogen-bond acceptors (Lipinski definition) is 4. The Hall–Kier alpha value is -2.40. The monoisotopic (exact) mass is 283 g/mol. The Balaban J connectivity index is 1.97. The van der Waals surface area contributed by atoms with E-state index in [1.807, 2.05) is 37.3 Å². The van der Waals surface area contributed by atoms with Crippen molar-refractivity contribution in [3.05, 3.63) is 53.2 Å². The lowest BCUT2D eigenvalue weighted by molar-refractivity contribution is 0.103. The number of carbonyl (C=O) groups excluding carboxylic acids is 1. The maximum atomic E-state index is 12.4. The smallest absolute Gasteiger partial charge is 0.267 e. The molecule has 2 aromatic heterocycles. The number of thiophene rings is 1. The van der Waals surface area contributed by atoms with Gasteiger partial charge in [-0.3, -0.25) is 9.78 Å². The van der Waals surface area contributed by atoms with Crippen LogP contribution in [0.5, 0.6) is 0 Å². The van der Waals surface area contributed by atoms with Gasteiger partial charge < -0.3 is 11.1 Å². The molecule has 0 atom stereocenters. The van der Waals surface area contributed by atoms with Crippen molar-refractivity contribution < 1.29 is 4.79 Å². The van der Waals surface area contributed by atoms with Gasteiger partial charge in [-0.1, -0.05) is 18.2 Å². The number of aryl methyl sites for hydroxylation is 1. The van der Waals surface area contributed by atoms with E-state index < -0.39 is 0 Å². The van der Waals surface area contributed by atoms with Gasteiger partial charge in [-0.2, -0.15) is 0 Å². The SMILES string of the molecule is Cc1ccccc1NC(=O)c1sc2cnccc2c1N. The van der Waals surface area contributed by atoms with Crippen LogP contribution in [0, 0.1) is 6.92 Å². The van der Waals surface area contributed by atoms with E-state index in [0.717, 1.165) is 21.3 Å². The van der Waals surface area contributed by atoms with Gasteiger partial charge in [0.1, 0.15) is 4.88 Å². The highest BCUT2D eigenvalue weighted by Gasteiger charge is 2.16. The summed E-state index contributed by atoms with van der Waals surface area (Å²) < 4.78 is 0.917. The summed E-state index contributed by atoms with van der Waals surface area (Å²) in [6.45, 7) is 1.95. The van der Waals surface area contributed by atoms with Crippen LogP contribution in [0.25, 0.3) is 10.1 Å². The van der Waals surface area contributed by atoms with Crippen LogP contribution in [0.4, 0.5) is 11.4 Å². The Morgan fingerprint density at radius 3 is 2.85 bits per heavy atom. The third kappa shape index (κ3) is 2.12. The number of nitrogens with one attached hydrogen (secondary N) is 1. The number of amides is 1. The number of nitrogen functional groups attached to an aromatic ring is 1. The molecule has 20 heavy (non-hydrogen) atoms. The fourth-order valence-corrected chi connectivity index (χ4v) is 3.02. The summed E-state index contributed by atoms with van der Waals surface area (Å²) in [7, 11) is 0. The van der Waals surface area contributed by atoms with Crippen molar-refractivity contribution in [1.82, 2.24) is 4.98 Å². The fourth-order valence-electron chi connectivity index (χ4n) is 2.03. The van der Waals surface area contributed by atoms with Gasteiger partial charge in [0.05, 0.1) is 10.4 Å². The number of benzene rings is 1. The second kappa shape index (κ2) is 4.94. The number of nitrogens with zero attached hydrogens (tertiary/aromatic N) is 1. The number of carbonyl (C=O) groups is 1. The molecule has 5 heteroatoms. The number of rotatable bonds is 2. The Kier molecular flexibility index (Phi) is 3.12. The first-order valence-electron chi connectivity index (χ1n) is 6.16. The molecule has 0 aliphatic carbocycles. The molecule has 0 unspecified atom stereocenters.